The second-order valence-electron chi connectivity index (χ2n) is 6.96. The first-order valence-corrected chi connectivity index (χ1v) is 10.6. The summed E-state index contributed by atoms with van der Waals surface area (Å²) in [6.07, 6.45) is 4.01. The molecule has 0 saturated carbocycles. The van der Waals surface area contributed by atoms with Crippen molar-refractivity contribution >= 4 is 50.6 Å². The van der Waals surface area contributed by atoms with Crippen LogP contribution in [0.25, 0.3) is 10.9 Å². The lowest BCUT2D eigenvalue weighted by atomic mass is 10.1. The molecule has 0 radical (unpaired) electrons. The quantitative estimate of drug-likeness (QED) is 0.275. The van der Waals surface area contributed by atoms with Gasteiger partial charge in [-0.05, 0) is 41.5 Å². The molecular formula is C24H19BrClN3O. The third kappa shape index (κ3) is 4.99. The molecule has 4 nitrogen and oxygen atoms in total. The summed E-state index contributed by atoms with van der Waals surface area (Å²) < 4.78 is 3.14. The van der Waals surface area contributed by atoms with E-state index in [9.17, 15) is 4.79 Å². The molecule has 0 spiro atoms. The molecule has 0 saturated heterocycles. The molecule has 0 atom stereocenters. The predicted octanol–water partition coefficient (Wildman–Crippen LogP) is 5.80. The molecule has 0 bridgehead atoms. The Kier molecular flexibility index (Phi) is 6.31. The van der Waals surface area contributed by atoms with Crippen LogP contribution in [-0.4, -0.2) is 16.7 Å². The van der Waals surface area contributed by atoms with Gasteiger partial charge in [-0.25, -0.2) is 5.43 Å². The van der Waals surface area contributed by atoms with Crippen molar-refractivity contribution in [1.29, 1.82) is 0 Å². The van der Waals surface area contributed by atoms with Crippen molar-refractivity contribution in [3.63, 3.8) is 0 Å². The van der Waals surface area contributed by atoms with E-state index in [1.807, 2.05) is 60.8 Å². The lowest BCUT2D eigenvalue weighted by Gasteiger charge is -2.05. The Labute approximate surface area is 188 Å². The van der Waals surface area contributed by atoms with Crippen LogP contribution in [0.1, 0.15) is 16.7 Å². The molecular weight excluding hydrogens is 462 g/mol. The number of carbonyl (C=O) groups excluding carboxylic acids is 1. The fourth-order valence-corrected chi connectivity index (χ4v) is 3.82. The summed E-state index contributed by atoms with van der Waals surface area (Å²) in [5, 5.41) is 5.97. The Morgan fingerprint density at radius 3 is 2.63 bits per heavy atom. The van der Waals surface area contributed by atoms with Crippen LogP contribution in [0.4, 0.5) is 0 Å². The van der Waals surface area contributed by atoms with Crippen molar-refractivity contribution in [1.82, 2.24) is 9.99 Å². The highest BCUT2D eigenvalue weighted by Crippen LogP contribution is 2.22. The smallest absolute Gasteiger partial charge is 0.244 e. The molecule has 0 fully saturated rings. The lowest BCUT2D eigenvalue weighted by molar-refractivity contribution is -0.120. The van der Waals surface area contributed by atoms with Crippen LogP contribution in [0.2, 0.25) is 5.02 Å². The molecule has 1 amide bonds. The number of para-hydroxylation sites is 1. The van der Waals surface area contributed by atoms with Gasteiger partial charge in [-0.2, -0.15) is 5.10 Å². The largest absolute Gasteiger partial charge is 0.342 e. The van der Waals surface area contributed by atoms with Gasteiger partial charge in [0.05, 0.1) is 12.6 Å². The molecule has 0 aliphatic carbocycles. The summed E-state index contributed by atoms with van der Waals surface area (Å²) >= 11 is 9.52. The molecule has 0 unspecified atom stereocenters. The van der Waals surface area contributed by atoms with Crippen LogP contribution < -0.4 is 5.43 Å². The van der Waals surface area contributed by atoms with E-state index >= 15 is 0 Å². The molecule has 0 aliphatic rings. The van der Waals surface area contributed by atoms with Gasteiger partial charge in [0.2, 0.25) is 5.91 Å². The standard InChI is InChI=1S/C24H19BrClN3O/c25-20-10-8-17(9-11-20)13-24(30)28-27-14-19-16-29(23-7-2-1-6-22(19)23)15-18-4-3-5-21(26)12-18/h1-12,14,16H,13,15H2,(H,28,30)/b27-14+. The summed E-state index contributed by atoms with van der Waals surface area (Å²) in [6.45, 7) is 0.699. The number of halogens is 2. The van der Waals surface area contributed by atoms with E-state index in [2.05, 4.69) is 49.2 Å². The average molecular weight is 481 g/mol. The minimum absolute atomic E-state index is 0.156. The Hall–Kier alpha value is -2.89. The molecule has 1 heterocycles. The van der Waals surface area contributed by atoms with Crippen molar-refractivity contribution in [3.8, 4) is 0 Å². The van der Waals surface area contributed by atoms with E-state index in [0.29, 0.717) is 6.54 Å². The molecule has 4 aromatic rings. The van der Waals surface area contributed by atoms with Crippen LogP contribution in [0.5, 0.6) is 0 Å². The Balaban J connectivity index is 1.49. The van der Waals surface area contributed by atoms with E-state index in [0.717, 1.165) is 37.1 Å². The molecule has 30 heavy (non-hydrogen) atoms. The van der Waals surface area contributed by atoms with Gasteiger partial charge < -0.3 is 4.57 Å². The Morgan fingerprint density at radius 2 is 1.83 bits per heavy atom. The number of benzene rings is 3. The number of fused-ring (bicyclic) bond motifs is 1. The third-order valence-electron chi connectivity index (χ3n) is 4.73. The third-order valence-corrected chi connectivity index (χ3v) is 5.50. The van der Waals surface area contributed by atoms with Gasteiger partial charge >= 0.3 is 0 Å². The van der Waals surface area contributed by atoms with E-state index in [1.54, 1.807) is 6.21 Å². The molecule has 1 aromatic heterocycles. The van der Waals surface area contributed by atoms with Gasteiger partial charge in [0.15, 0.2) is 0 Å². The van der Waals surface area contributed by atoms with Gasteiger partial charge in [-0.3, -0.25) is 4.79 Å². The highest BCUT2D eigenvalue weighted by Gasteiger charge is 2.08. The van der Waals surface area contributed by atoms with Crippen LogP contribution >= 0.6 is 27.5 Å². The average Bonchev–Trinajstić information content (AvgIpc) is 3.07. The maximum absolute atomic E-state index is 12.2. The summed E-state index contributed by atoms with van der Waals surface area (Å²) in [5.41, 5.74) is 6.71. The van der Waals surface area contributed by atoms with Gasteiger partial charge in [0.1, 0.15) is 0 Å². The first-order valence-electron chi connectivity index (χ1n) is 9.47. The normalized spacial score (nSPS) is 11.3. The molecule has 6 heteroatoms. The van der Waals surface area contributed by atoms with Gasteiger partial charge in [0.25, 0.3) is 0 Å². The topological polar surface area (TPSA) is 46.4 Å². The van der Waals surface area contributed by atoms with Crippen LogP contribution in [0.15, 0.2) is 88.6 Å². The maximum atomic E-state index is 12.2. The lowest BCUT2D eigenvalue weighted by Crippen LogP contribution is -2.19. The zero-order valence-electron chi connectivity index (χ0n) is 16.1. The van der Waals surface area contributed by atoms with E-state index in [-0.39, 0.29) is 12.3 Å². The van der Waals surface area contributed by atoms with Gasteiger partial charge in [0, 0.05) is 38.7 Å². The van der Waals surface area contributed by atoms with Crippen molar-refractivity contribution in [3.05, 3.63) is 105 Å². The van der Waals surface area contributed by atoms with E-state index < -0.39 is 0 Å². The van der Waals surface area contributed by atoms with Crippen LogP contribution in [0, 0.1) is 0 Å². The van der Waals surface area contributed by atoms with Crippen molar-refractivity contribution < 1.29 is 4.79 Å². The van der Waals surface area contributed by atoms with Crippen molar-refractivity contribution in [2.75, 3.05) is 0 Å². The second-order valence-corrected chi connectivity index (χ2v) is 8.31. The number of carbonyl (C=O) groups is 1. The summed E-state index contributed by atoms with van der Waals surface area (Å²) in [4.78, 5) is 12.2. The van der Waals surface area contributed by atoms with Crippen LogP contribution in [-0.2, 0) is 17.8 Å². The first kappa shape index (κ1) is 20.4. The number of nitrogens with one attached hydrogen (secondary N) is 1. The van der Waals surface area contributed by atoms with Gasteiger partial charge in [-0.15, -0.1) is 0 Å². The van der Waals surface area contributed by atoms with Crippen LogP contribution in [0.3, 0.4) is 0 Å². The highest BCUT2D eigenvalue weighted by molar-refractivity contribution is 9.10. The Morgan fingerprint density at radius 1 is 1.03 bits per heavy atom. The number of aromatic nitrogens is 1. The zero-order valence-corrected chi connectivity index (χ0v) is 18.4. The summed E-state index contributed by atoms with van der Waals surface area (Å²) in [6, 6.07) is 23.6. The fraction of sp³-hybridized carbons (Fsp3) is 0.0833. The molecule has 1 N–H and O–H groups in total. The zero-order chi connectivity index (χ0) is 20.9. The first-order chi connectivity index (χ1) is 14.6. The van der Waals surface area contributed by atoms with E-state index in [4.69, 9.17) is 11.6 Å². The minimum atomic E-state index is -0.156. The molecule has 4 rings (SSSR count). The van der Waals surface area contributed by atoms with E-state index in [1.165, 1.54) is 0 Å². The van der Waals surface area contributed by atoms with Gasteiger partial charge in [-0.1, -0.05) is 70.0 Å². The van der Waals surface area contributed by atoms with Crippen molar-refractivity contribution in [2.45, 2.75) is 13.0 Å². The molecule has 150 valence electrons. The summed E-state index contributed by atoms with van der Waals surface area (Å²) in [7, 11) is 0. The number of hydrogen-bond acceptors (Lipinski definition) is 2. The number of hydrogen-bond donors (Lipinski definition) is 1. The van der Waals surface area contributed by atoms with Crippen molar-refractivity contribution in [2.24, 2.45) is 5.10 Å². The fourth-order valence-electron chi connectivity index (χ4n) is 3.34. The highest BCUT2D eigenvalue weighted by atomic mass is 79.9. The second kappa shape index (κ2) is 9.28. The number of amides is 1. The molecule has 0 aliphatic heterocycles. The Bertz CT molecular complexity index is 1210. The SMILES string of the molecule is O=C(Cc1ccc(Br)cc1)N/N=C/c1cn(Cc2cccc(Cl)c2)c2ccccc12. The minimum Gasteiger partial charge on any atom is -0.342 e. The number of nitrogens with zero attached hydrogens (tertiary/aromatic N) is 2. The summed E-state index contributed by atoms with van der Waals surface area (Å²) in [5.74, 6) is -0.156. The number of rotatable bonds is 6. The molecule has 3 aromatic carbocycles. The predicted molar refractivity (Wildman–Crippen MR) is 126 cm³/mol. The number of hydrazone groups is 1. The maximum Gasteiger partial charge on any atom is 0.244 e. The monoisotopic (exact) mass is 479 g/mol.